The van der Waals surface area contributed by atoms with Crippen LogP contribution in [0.25, 0.3) is 0 Å². The molecule has 2 rings (SSSR count). The van der Waals surface area contributed by atoms with E-state index in [4.69, 9.17) is 0 Å². The van der Waals surface area contributed by atoms with Gasteiger partial charge in [-0.25, -0.2) is 24.3 Å². The van der Waals surface area contributed by atoms with Crippen LogP contribution in [0.2, 0.25) is 0 Å². The van der Waals surface area contributed by atoms with Crippen molar-refractivity contribution in [3.05, 3.63) is 59.7 Å². The molecule has 84 valence electrons. The Morgan fingerprint density at radius 2 is 0.933 bits per heavy atom. The average Bonchev–Trinajstić information content (AvgIpc) is 2.92. The van der Waals surface area contributed by atoms with E-state index in [0.717, 1.165) is 12.8 Å². The van der Waals surface area contributed by atoms with Crippen LogP contribution >= 0.6 is 0 Å². The molecule has 0 fully saturated rings. The molecule has 0 saturated carbocycles. The van der Waals surface area contributed by atoms with Crippen LogP contribution < -0.4 is 0 Å². The van der Waals surface area contributed by atoms with Gasteiger partial charge in [0.2, 0.25) is 0 Å². The maximum atomic E-state index is 2.16. The minimum atomic E-state index is 0. The summed E-state index contributed by atoms with van der Waals surface area (Å²) >= 11 is 0. The van der Waals surface area contributed by atoms with Crippen LogP contribution in [0.1, 0.15) is 25.0 Å². The van der Waals surface area contributed by atoms with Crippen molar-refractivity contribution in [3.63, 3.8) is 0 Å². The van der Waals surface area contributed by atoms with Crippen LogP contribution in [0.3, 0.4) is 0 Å². The Hall–Kier alpha value is -0.612. The second-order valence-electron chi connectivity index (χ2n) is 3.29. The molecule has 0 aliphatic heterocycles. The van der Waals surface area contributed by atoms with Gasteiger partial charge in [-0.3, -0.25) is 0 Å². The average molecular weight is 372 g/mol. The van der Waals surface area contributed by atoms with Crippen LogP contribution in [0.4, 0.5) is 0 Å². The van der Waals surface area contributed by atoms with Gasteiger partial charge in [0, 0.05) is 0 Å². The Labute approximate surface area is 107 Å². The molecule has 2 aromatic carbocycles. The fourth-order valence-corrected chi connectivity index (χ4v) is 1.30. The van der Waals surface area contributed by atoms with Crippen LogP contribution in [-0.2, 0) is 33.9 Å². The van der Waals surface area contributed by atoms with E-state index >= 15 is 0 Å². The first kappa shape index (κ1) is 14.4. The molecule has 0 bridgehead atoms. The number of hydrogen-bond acceptors (Lipinski definition) is 0. The van der Waals surface area contributed by atoms with E-state index in [1.54, 1.807) is 0 Å². The fourth-order valence-electron chi connectivity index (χ4n) is 1.30. The number of rotatable bonds is 2. The normalized spacial score (nSPS) is 8.67. The molecule has 0 nitrogen and oxygen atoms in total. The molecule has 0 aromatic heterocycles. The van der Waals surface area contributed by atoms with Crippen molar-refractivity contribution in [2.45, 2.75) is 26.7 Å². The van der Waals surface area contributed by atoms with Gasteiger partial charge >= 0.3 is 21.1 Å². The summed E-state index contributed by atoms with van der Waals surface area (Å²) < 4.78 is 0. The van der Waals surface area contributed by atoms with E-state index in [-0.39, 0.29) is 21.1 Å². The molecule has 0 aliphatic carbocycles. The van der Waals surface area contributed by atoms with Gasteiger partial charge in [-0.1, -0.05) is 26.7 Å². The Morgan fingerprint density at radius 1 is 0.667 bits per heavy atom. The van der Waals surface area contributed by atoms with Crippen molar-refractivity contribution < 1.29 is 21.1 Å². The molecule has 0 atom stereocenters. The zero-order valence-electron chi connectivity index (χ0n) is 9.53. The second-order valence-corrected chi connectivity index (χ2v) is 3.29. The van der Waals surface area contributed by atoms with Gasteiger partial charge in [-0.05, 0) is 0 Å². The Bertz CT molecular complexity index is 269. The van der Waals surface area contributed by atoms with E-state index in [9.17, 15) is 0 Å². The van der Waals surface area contributed by atoms with E-state index in [1.165, 1.54) is 11.1 Å². The quantitative estimate of drug-likeness (QED) is 0.709. The van der Waals surface area contributed by atoms with Crippen LogP contribution in [-0.4, -0.2) is 0 Å². The summed E-state index contributed by atoms with van der Waals surface area (Å²) in [6, 6.07) is 16.8. The van der Waals surface area contributed by atoms with Crippen molar-refractivity contribution >= 4 is 0 Å². The zero-order valence-corrected chi connectivity index (χ0v) is 13.1. The van der Waals surface area contributed by atoms with E-state index in [2.05, 4.69) is 62.4 Å². The molecule has 0 amide bonds. The summed E-state index contributed by atoms with van der Waals surface area (Å²) in [6.07, 6.45) is 2.32. The molecule has 0 heterocycles. The second kappa shape index (κ2) is 8.68. The Morgan fingerprint density at radius 3 is 1.07 bits per heavy atom. The first-order valence-electron chi connectivity index (χ1n) is 5.28. The summed E-state index contributed by atoms with van der Waals surface area (Å²) in [5, 5.41) is 0. The van der Waals surface area contributed by atoms with Crippen LogP contribution in [0.5, 0.6) is 0 Å². The fraction of sp³-hybridized carbons (Fsp3) is 0.286. The molecule has 0 N–H and O–H groups in total. The van der Waals surface area contributed by atoms with Gasteiger partial charge in [0.25, 0.3) is 0 Å². The molecule has 1 heteroatoms. The Kier molecular flexibility index (Phi) is 8.32. The maximum absolute atomic E-state index is 2.16. The van der Waals surface area contributed by atoms with Gasteiger partial charge in [-0.2, -0.15) is 35.4 Å². The van der Waals surface area contributed by atoms with E-state index < -0.39 is 0 Å². The van der Waals surface area contributed by atoms with Crippen molar-refractivity contribution in [1.29, 1.82) is 0 Å². The SMILES string of the molecule is CC[c-]1cccc1.CC[c-]1cccc1.[WH2]. The number of aryl methyl sites for hydroxylation is 2. The first-order valence-corrected chi connectivity index (χ1v) is 5.28. The van der Waals surface area contributed by atoms with E-state index in [0.29, 0.717) is 0 Å². The third kappa shape index (κ3) is 5.74. The summed E-state index contributed by atoms with van der Waals surface area (Å²) in [7, 11) is 0. The third-order valence-electron chi connectivity index (χ3n) is 2.28. The molecule has 0 saturated heterocycles. The predicted octanol–water partition coefficient (Wildman–Crippen LogP) is 3.40. The zero-order chi connectivity index (χ0) is 10.2. The summed E-state index contributed by atoms with van der Waals surface area (Å²) in [5.41, 5.74) is 2.86. The summed E-state index contributed by atoms with van der Waals surface area (Å²) in [5.74, 6) is 0. The van der Waals surface area contributed by atoms with Crippen molar-refractivity contribution in [3.8, 4) is 0 Å². The van der Waals surface area contributed by atoms with Crippen molar-refractivity contribution in [2.24, 2.45) is 0 Å². The molecular weight excluding hydrogens is 352 g/mol. The summed E-state index contributed by atoms with van der Waals surface area (Å²) in [4.78, 5) is 0. The number of hydrogen-bond donors (Lipinski definition) is 0. The predicted molar refractivity (Wildman–Crippen MR) is 65.6 cm³/mol. The van der Waals surface area contributed by atoms with Crippen LogP contribution in [0.15, 0.2) is 48.5 Å². The van der Waals surface area contributed by atoms with Crippen LogP contribution in [0, 0.1) is 0 Å². The monoisotopic (exact) mass is 372 g/mol. The van der Waals surface area contributed by atoms with Gasteiger partial charge < -0.3 is 0 Å². The van der Waals surface area contributed by atoms with Crippen molar-refractivity contribution in [2.75, 3.05) is 0 Å². The summed E-state index contributed by atoms with van der Waals surface area (Å²) in [6.45, 7) is 4.32. The molecule has 2 aromatic rings. The molecule has 0 aliphatic rings. The van der Waals surface area contributed by atoms with E-state index in [1.807, 2.05) is 0 Å². The third-order valence-corrected chi connectivity index (χ3v) is 2.28. The first-order chi connectivity index (χ1) is 6.86. The molecule has 0 spiro atoms. The Balaban J connectivity index is 0.000000245. The standard InChI is InChI=1S/2C7H9.W.2H/c2*1-2-7-5-3-4-6-7;;;/h2*3-6H,2H2,1H3;;;/q2*-1;;;. The van der Waals surface area contributed by atoms with Crippen molar-refractivity contribution in [1.82, 2.24) is 0 Å². The minimum absolute atomic E-state index is 0. The molecule has 0 radical (unpaired) electrons. The van der Waals surface area contributed by atoms with Gasteiger partial charge in [0.15, 0.2) is 0 Å². The topological polar surface area (TPSA) is 0 Å². The molecular formula is C14H20W-2. The van der Waals surface area contributed by atoms with Gasteiger partial charge in [0.1, 0.15) is 0 Å². The molecule has 15 heavy (non-hydrogen) atoms. The van der Waals surface area contributed by atoms with Gasteiger partial charge in [-0.15, -0.1) is 0 Å². The van der Waals surface area contributed by atoms with Gasteiger partial charge in [0.05, 0.1) is 0 Å². The molecule has 0 unspecified atom stereocenters.